The molecule has 2 N–H and O–H groups in total. The van der Waals surface area contributed by atoms with Crippen molar-refractivity contribution >= 4 is 11.8 Å². The number of hydrogen-bond donors (Lipinski definition) is 2. The highest BCUT2D eigenvalue weighted by atomic mass is 16.3. The van der Waals surface area contributed by atoms with Crippen molar-refractivity contribution in [3.05, 3.63) is 0 Å². The predicted octanol–water partition coefficient (Wildman–Crippen LogP) is -0.258. The van der Waals surface area contributed by atoms with Crippen molar-refractivity contribution in [2.24, 2.45) is 11.8 Å². The van der Waals surface area contributed by atoms with E-state index in [1.54, 1.807) is 6.92 Å². The normalized spacial score (nSPS) is 26.1. The number of nitrogens with zero attached hydrogens (tertiary/aromatic N) is 1. The fourth-order valence-corrected chi connectivity index (χ4v) is 2.14. The van der Waals surface area contributed by atoms with Crippen LogP contribution in [0.3, 0.4) is 0 Å². The second kappa shape index (κ2) is 5.04. The van der Waals surface area contributed by atoms with Gasteiger partial charge in [-0.25, -0.2) is 0 Å². The summed E-state index contributed by atoms with van der Waals surface area (Å²) < 4.78 is 0. The van der Waals surface area contributed by atoms with Gasteiger partial charge in [0.05, 0.1) is 12.5 Å². The van der Waals surface area contributed by atoms with Crippen LogP contribution in [0.15, 0.2) is 0 Å². The van der Waals surface area contributed by atoms with Crippen LogP contribution in [0.1, 0.15) is 26.2 Å². The van der Waals surface area contributed by atoms with E-state index >= 15 is 0 Å². The molecule has 1 saturated heterocycles. The Kier molecular flexibility index (Phi) is 3.66. The van der Waals surface area contributed by atoms with Gasteiger partial charge in [-0.05, 0) is 25.7 Å². The average molecular weight is 240 g/mol. The lowest BCUT2D eigenvalue weighted by molar-refractivity contribution is -0.129. The highest BCUT2D eigenvalue weighted by molar-refractivity contribution is 5.89. The van der Waals surface area contributed by atoms with Crippen LogP contribution < -0.4 is 5.32 Å². The minimum atomic E-state index is -0.241. The van der Waals surface area contributed by atoms with Crippen molar-refractivity contribution in [2.75, 3.05) is 19.7 Å². The first-order valence-corrected chi connectivity index (χ1v) is 6.29. The third-order valence-corrected chi connectivity index (χ3v) is 3.42. The van der Waals surface area contributed by atoms with Crippen LogP contribution in [-0.2, 0) is 9.59 Å². The van der Waals surface area contributed by atoms with Gasteiger partial charge in [0.1, 0.15) is 0 Å². The largest absolute Gasteiger partial charge is 0.394 e. The molecule has 1 heterocycles. The molecule has 5 heteroatoms. The SMILES string of the molecule is C[C@H](CO)NC(=O)C1CC(=O)N(CC2CC2)C1. The van der Waals surface area contributed by atoms with Gasteiger partial charge in [-0.1, -0.05) is 0 Å². The number of likely N-dealkylation sites (tertiary alicyclic amines) is 1. The first-order valence-electron chi connectivity index (χ1n) is 6.29. The number of aliphatic hydroxyl groups is 1. The molecule has 0 aromatic heterocycles. The summed E-state index contributed by atoms with van der Waals surface area (Å²) in [5.74, 6) is 0.402. The molecule has 2 aliphatic rings. The minimum Gasteiger partial charge on any atom is -0.394 e. The quantitative estimate of drug-likeness (QED) is 0.695. The summed E-state index contributed by atoms with van der Waals surface area (Å²) in [6.07, 6.45) is 2.74. The van der Waals surface area contributed by atoms with E-state index in [9.17, 15) is 9.59 Å². The molecule has 0 aromatic rings. The molecule has 0 aromatic carbocycles. The zero-order chi connectivity index (χ0) is 12.4. The number of nitrogens with one attached hydrogen (secondary N) is 1. The van der Waals surface area contributed by atoms with Crippen molar-refractivity contribution in [1.82, 2.24) is 10.2 Å². The molecular weight excluding hydrogens is 220 g/mol. The first-order chi connectivity index (χ1) is 8.10. The molecule has 2 rings (SSSR count). The molecule has 1 aliphatic heterocycles. The van der Waals surface area contributed by atoms with Gasteiger partial charge in [-0.3, -0.25) is 9.59 Å². The Morgan fingerprint density at radius 2 is 2.29 bits per heavy atom. The lowest BCUT2D eigenvalue weighted by atomic mass is 10.1. The fourth-order valence-electron chi connectivity index (χ4n) is 2.14. The Morgan fingerprint density at radius 1 is 1.59 bits per heavy atom. The van der Waals surface area contributed by atoms with Crippen molar-refractivity contribution in [1.29, 1.82) is 0 Å². The van der Waals surface area contributed by atoms with Gasteiger partial charge >= 0.3 is 0 Å². The van der Waals surface area contributed by atoms with Crippen LogP contribution in [0.4, 0.5) is 0 Å². The van der Waals surface area contributed by atoms with Gasteiger partial charge in [0.2, 0.25) is 11.8 Å². The number of carbonyl (C=O) groups excluding carboxylic acids is 2. The number of rotatable bonds is 5. The zero-order valence-electron chi connectivity index (χ0n) is 10.2. The molecule has 1 aliphatic carbocycles. The smallest absolute Gasteiger partial charge is 0.225 e. The van der Waals surface area contributed by atoms with E-state index in [0.29, 0.717) is 18.9 Å². The number of aliphatic hydroxyl groups excluding tert-OH is 1. The highest BCUT2D eigenvalue weighted by Gasteiger charge is 2.37. The van der Waals surface area contributed by atoms with Crippen LogP contribution in [0.2, 0.25) is 0 Å². The van der Waals surface area contributed by atoms with Gasteiger partial charge in [-0.2, -0.15) is 0 Å². The third kappa shape index (κ3) is 3.19. The van der Waals surface area contributed by atoms with Gasteiger partial charge in [0, 0.05) is 25.6 Å². The number of amides is 2. The molecular formula is C12H20N2O3. The molecule has 96 valence electrons. The van der Waals surface area contributed by atoms with E-state index in [0.717, 1.165) is 6.54 Å². The maximum absolute atomic E-state index is 11.8. The molecule has 0 radical (unpaired) electrons. The summed E-state index contributed by atoms with van der Waals surface area (Å²) in [6, 6.07) is -0.241. The highest BCUT2D eigenvalue weighted by Crippen LogP contribution is 2.31. The molecule has 1 unspecified atom stereocenters. The van der Waals surface area contributed by atoms with E-state index in [-0.39, 0.29) is 30.4 Å². The van der Waals surface area contributed by atoms with Crippen molar-refractivity contribution in [2.45, 2.75) is 32.2 Å². The van der Waals surface area contributed by atoms with Crippen LogP contribution in [0.5, 0.6) is 0 Å². The van der Waals surface area contributed by atoms with E-state index in [2.05, 4.69) is 5.32 Å². The lowest BCUT2D eigenvalue weighted by Crippen LogP contribution is -2.40. The fraction of sp³-hybridized carbons (Fsp3) is 0.833. The number of carbonyl (C=O) groups is 2. The van der Waals surface area contributed by atoms with Crippen molar-refractivity contribution in [3.63, 3.8) is 0 Å². The molecule has 2 atom stereocenters. The van der Waals surface area contributed by atoms with Gasteiger partial charge < -0.3 is 15.3 Å². The second-order valence-electron chi connectivity index (χ2n) is 5.24. The Hall–Kier alpha value is -1.10. The monoisotopic (exact) mass is 240 g/mol. The third-order valence-electron chi connectivity index (χ3n) is 3.42. The summed E-state index contributed by atoms with van der Waals surface area (Å²) in [5.41, 5.74) is 0. The maximum Gasteiger partial charge on any atom is 0.225 e. The first kappa shape index (κ1) is 12.4. The van der Waals surface area contributed by atoms with Crippen molar-refractivity contribution in [3.8, 4) is 0 Å². The molecule has 1 saturated carbocycles. The van der Waals surface area contributed by atoms with Crippen LogP contribution in [0.25, 0.3) is 0 Å². The molecule has 0 bridgehead atoms. The summed E-state index contributed by atoms with van der Waals surface area (Å²) >= 11 is 0. The summed E-state index contributed by atoms with van der Waals surface area (Å²) in [7, 11) is 0. The van der Waals surface area contributed by atoms with E-state index in [1.165, 1.54) is 12.8 Å². The van der Waals surface area contributed by atoms with Gasteiger partial charge in [0.25, 0.3) is 0 Å². The zero-order valence-corrected chi connectivity index (χ0v) is 10.2. The van der Waals surface area contributed by atoms with Crippen LogP contribution in [0, 0.1) is 11.8 Å². The van der Waals surface area contributed by atoms with E-state index in [4.69, 9.17) is 5.11 Å². The van der Waals surface area contributed by atoms with Crippen molar-refractivity contribution < 1.29 is 14.7 Å². The molecule has 5 nitrogen and oxygen atoms in total. The summed E-state index contributed by atoms with van der Waals surface area (Å²) in [6.45, 7) is 3.03. The second-order valence-corrected chi connectivity index (χ2v) is 5.24. The van der Waals surface area contributed by atoms with Crippen LogP contribution >= 0.6 is 0 Å². The predicted molar refractivity (Wildman–Crippen MR) is 62.1 cm³/mol. The molecule has 17 heavy (non-hydrogen) atoms. The Bertz CT molecular complexity index is 315. The average Bonchev–Trinajstić information content (AvgIpc) is 3.03. The Labute approximate surface area is 101 Å². The molecule has 2 amide bonds. The molecule has 2 fully saturated rings. The Balaban J connectivity index is 1.82. The summed E-state index contributed by atoms with van der Waals surface area (Å²) in [5, 5.41) is 11.6. The van der Waals surface area contributed by atoms with E-state index in [1.807, 2.05) is 4.90 Å². The van der Waals surface area contributed by atoms with E-state index < -0.39 is 0 Å². The maximum atomic E-state index is 11.8. The standard InChI is InChI=1S/C12H20N2O3/c1-8(7-15)13-12(17)10-4-11(16)14(6-10)5-9-2-3-9/h8-10,15H,2-7H2,1H3,(H,13,17)/t8-,10?/m1/s1. The van der Waals surface area contributed by atoms with Gasteiger partial charge in [0.15, 0.2) is 0 Å². The van der Waals surface area contributed by atoms with Gasteiger partial charge in [-0.15, -0.1) is 0 Å². The summed E-state index contributed by atoms with van der Waals surface area (Å²) in [4.78, 5) is 25.3. The lowest BCUT2D eigenvalue weighted by Gasteiger charge is -2.17. The number of hydrogen-bond acceptors (Lipinski definition) is 3. The molecule has 0 spiro atoms. The van der Waals surface area contributed by atoms with Crippen LogP contribution in [-0.4, -0.2) is 47.6 Å². The Morgan fingerprint density at radius 3 is 2.88 bits per heavy atom. The topological polar surface area (TPSA) is 69.6 Å². The minimum absolute atomic E-state index is 0.0712.